The standard InChI is InChI=1S/C9H11N5O2S/c10-13-16-8(15)4-6-17-9-12-11-7-3-1-2-5-14(7)9/h1-3,5,13H,4,6,10H2. The monoisotopic (exact) mass is 253 g/mol. The number of nitrogens with one attached hydrogen (secondary N) is 1. The number of nitrogens with two attached hydrogens (primary N) is 1. The lowest BCUT2D eigenvalue weighted by Crippen LogP contribution is -2.26. The number of hydrogen-bond acceptors (Lipinski definition) is 7. The molecule has 0 fully saturated rings. The van der Waals surface area contributed by atoms with E-state index in [0.29, 0.717) is 5.75 Å². The molecule has 0 bridgehead atoms. The Kier molecular flexibility index (Phi) is 3.91. The van der Waals surface area contributed by atoms with Crippen molar-refractivity contribution in [3.8, 4) is 0 Å². The van der Waals surface area contributed by atoms with Crippen LogP contribution >= 0.6 is 11.8 Å². The zero-order chi connectivity index (χ0) is 12.1. The summed E-state index contributed by atoms with van der Waals surface area (Å²) in [5.41, 5.74) is 2.63. The van der Waals surface area contributed by atoms with Crippen molar-refractivity contribution in [3.05, 3.63) is 24.4 Å². The summed E-state index contributed by atoms with van der Waals surface area (Å²) in [5, 5.41) is 8.76. The molecule has 2 heterocycles. The van der Waals surface area contributed by atoms with Crippen LogP contribution < -0.4 is 11.4 Å². The Morgan fingerprint density at radius 1 is 1.53 bits per heavy atom. The number of hydrazine groups is 1. The van der Waals surface area contributed by atoms with E-state index in [1.807, 2.05) is 34.4 Å². The largest absolute Gasteiger partial charge is 0.356 e. The number of rotatable bonds is 5. The summed E-state index contributed by atoms with van der Waals surface area (Å²) >= 11 is 1.43. The highest BCUT2D eigenvalue weighted by Crippen LogP contribution is 2.17. The van der Waals surface area contributed by atoms with Gasteiger partial charge in [-0.1, -0.05) is 23.4 Å². The van der Waals surface area contributed by atoms with Crippen LogP contribution in [0.25, 0.3) is 5.65 Å². The van der Waals surface area contributed by atoms with Crippen LogP contribution in [-0.4, -0.2) is 26.3 Å². The van der Waals surface area contributed by atoms with E-state index < -0.39 is 5.97 Å². The fraction of sp³-hybridized carbons (Fsp3) is 0.222. The Labute approximate surface area is 101 Å². The lowest BCUT2D eigenvalue weighted by atomic mass is 10.5. The molecule has 0 radical (unpaired) electrons. The number of fused-ring (bicyclic) bond motifs is 1. The maximum atomic E-state index is 11.0. The van der Waals surface area contributed by atoms with Gasteiger partial charge in [0, 0.05) is 11.9 Å². The summed E-state index contributed by atoms with van der Waals surface area (Å²) in [6.07, 6.45) is 2.12. The van der Waals surface area contributed by atoms with E-state index in [1.54, 1.807) is 0 Å². The van der Waals surface area contributed by atoms with E-state index in [4.69, 9.17) is 5.84 Å². The maximum absolute atomic E-state index is 11.0. The molecule has 90 valence electrons. The molecule has 0 saturated heterocycles. The van der Waals surface area contributed by atoms with Crippen molar-refractivity contribution in [2.45, 2.75) is 11.6 Å². The van der Waals surface area contributed by atoms with E-state index in [1.165, 1.54) is 11.8 Å². The first-order chi connectivity index (χ1) is 8.31. The normalized spacial score (nSPS) is 10.6. The van der Waals surface area contributed by atoms with Gasteiger partial charge in [-0.3, -0.25) is 9.20 Å². The molecule has 0 amide bonds. The lowest BCUT2D eigenvalue weighted by molar-refractivity contribution is -0.150. The van der Waals surface area contributed by atoms with Gasteiger partial charge < -0.3 is 4.84 Å². The first-order valence-corrected chi connectivity index (χ1v) is 5.87. The van der Waals surface area contributed by atoms with Crippen LogP contribution in [0, 0.1) is 0 Å². The molecule has 0 spiro atoms. The summed E-state index contributed by atoms with van der Waals surface area (Å²) in [7, 11) is 0. The second-order valence-corrected chi connectivity index (χ2v) is 4.16. The first-order valence-electron chi connectivity index (χ1n) is 4.89. The van der Waals surface area contributed by atoms with Crippen LogP contribution in [0.5, 0.6) is 0 Å². The third kappa shape index (κ3) is 2.93. The number of pyridine rings is 1. The van der Waals surface area contributed by atoms with Crippen LogP contribution in [0.2, 0.25) is 0 Å². The molecule has 17 heavy (non-hydrogen) atoms. The number of thioether (sulfide) groups is 1. The number of nitrogens with zero attached hydrogens (tertiary/aromatic N) is 3. The number of aromatic nitrogens is 3. The average molecular weight is 253 g/mol. The predicted molar refractivity (Wildman–Crippen MR) is 61.7 cm³/mol. The van der Waals surface area contributed by atoms with Gasteiger partial charge in [-0.2, -0.15) is 0 Å². The van der Waals surface area contributed by atoms with E-state index >= 15 is 0 Å². The van der Waals surface area contributed by atoms with Gasteiger partial charge in [-0.15, -0.1) is 10.2 Å². The highest BCUT2D eigenvalue weighted by Gasteiger charge is 2.07. The summed E-state index contributed by atoms with van der Waals surface area (Å²) < 4.78 is 1.86. The van der Waals surface area contributed by atoms with Crippen LogP contribution in [0.15, 0.2) is 29.6 Å². The molecule has 0 unspecified atom stereocenters. The minimum Gasteiger partial charge on any atom is -0.356 e. The molecular weight excluding hydrogens is 242 g/mol. The highest BCUT2D eigenvalue weighted by molar-refractivity contribution is 7.99. The first kappa shape index (κ1) is 11.8. The molecule has 0 aliphatic carbocycles. The topological polar surface area (TPSA) is 94.5 Å². The fourth-order valence-corrected chi connectivity index (χ4v) is 2.10. The van der Waals surface area contributed by atoms with E-state index in [-0.39, 0.29) is 6.42 Å². The highest BCUT2D eigenvalue weighted by atomic mass is 32.2. The molecule has 7 nitrogen and oxygen atoms in total. The molecule has 0 saturated carbocycles. The minimum absolute atomic E-state index is 0.247. The summed E-state index contributed by atoms with van der Waals surface area (Å²) in [6.45, 7) is 0. The van der Waals surface area contributed by atoms with Crippen molar-refractivity contribution in [2.75, 3.05) is 5.75 Å². The van der Waals surface area contributed by atoms with Crippen molar-refractivity contribution in [3.63, 3.8) is 0 Å². The van der Waals surface area contributed by atoms with Crippen molar-refractivity contribution < 1.29 is 9.63 Å². The molecule has 0 atom stereocenters. The Morgan fingerprint density at radius 2 is 2.41 bits per heavy atom. The van der Waals surface area contributed by atoms with Gasteiger partial charge >= 0.3 is 5.97 Å². The lowest BCUT2D eigenvalue weighted by Gasteiger charge is -2.00. The second kappa shape index (κ2) is 5.62. The Hall–Kier alpha value is -1.64. The maximum Gasteiger partial charge on any atom is 0.327 e. The van der Waals surface area contributed by atoms with Gasteiger partial charge in [0.15, 0.2) is 10.8 Å². The van der Waals surface area contributed by atoms with Crippen molar-refractivity contribution >= 4 is 23.4 Å². The van der Waals surface area contributed by atoms with Crippen molar-refractivity contribution in [1.29, 1.82) is 0 Å². The number of hydrogen-bond donors (Lipinski definition) is 2. The smallest absolute Gasteiger partial charge is 0.327 e. The Balaban J connectivity index is 1.93. The fourth-order valence-electron chi connectivity index (χ4n) is 1.26. The van der Waals surface area contributed by atoms with Crippen LogP contribution in [0.4, 0.5) is 0 Å². The third-order valence-electron chi connectivity index (χ3n) is 1.99. The van der Waals surface area contributed by atoms with Crippen molar-refractivity contribution in [2.24, 2.45) is 5.84 Å². The molecule has 2 rings (SSSR count). The van der Waals surface area contributed by atoms with Crippen molar-refractivity contribution in [1.82, 2.24) is 20.2 Å². The SMILES string of the molecule is NNOC(=O)CCSc1nnc2ccccn12. The molecule has 0 aliphatic rings. The van der Waals surface area contributed by atoms with Crippen LogP contribution in [0.3, 0.4) is 0 Å². The van der Waals surface area contributed by atoms with Gasteiger partial charge in [-0.05, 0) is 12.1 Å². The summed E-state index contributed by atoms with van der Waals surface area (Å²) in [5.74, 6) is 4.99. The Morgan fingerprint density at radius 3 is 3.24 bits per heavy atom. The van der Waals surface area contributed by atoms with Crippen LogP contribution in [-0.2, 0) is 9.63 Å². The third-order valence-corrected chi connectivity index (χ3v) is 2.94. The number of carbonyl (C=O) groups is 1. The van der Waals surface area contributed by atoms with E-state index in [2.05, 4.69) is 15.0 Å². The molecule has 2 aromatic rings. The summed E-state index contributed by atoms with van der Waals surface area (Å²) in [6, 6.07) is 5.65. The molecule has 0 aromatic carbocycles. The van der Waals surface area contributed by atoms with Gasteiger partial charge in [0.05, 0.1) is 6.42 Å². The molecule has 2 aromatic heterocycles. The Bertz CT molecular complexity index is 515. The predicted octanol–water partition coefficient (Wildman–Crippen LogP) is 0.133. The number of carbonyl (C=O) groups excluding carboxylic acids is 1. The minimum atomic E-state index is -0.408. The van der Waals surface area contributed by atoms with Gasteiger partial charge in [0.25, 0.3) is 0 Å². The molecule has 3 N–H and O–H groups in total. The molecule has 8 heteroatoms. The quantitative estimate of drug-likeness (QED) is 0.444. The van der Waals surface area contributed by atoms with Gasteiger partial charge in [0.2, 0.25) is 0 Å². The zero-order valence-corrected chi connectivity index (χ0v) is 9.68. The molecule has 0 aliphatic heterocycles. The van der Waals surface area contributed by atoms with Gasteiger partial charge in [-0.25, -0.2) is 5.84 Å². The zero-order valence-electron chi connectivity index (χ0n) is 8.87. The summed E-state index contributed by atoms with van der Waals surface area (Å²) in [4.78, 5) is 15.4. The van der Waals surface area contributed by atoms with Crippen LogP contribution in [0.1, 0.15) is 6.42 Å². The van der Waals surface area contributed by atoms with E-state index in [9.17, 15) is 4.79 Å². The average Bonchev–Trinajstić information content (AvgIpc) is 2.73. The second-order valence-electron chi connectivity index (χ2n) is 3.10. The van der Waals surface area contributed by atoms with Gasteiger partial charge in [0.1, 0.15) is 0 Å². The molecular formula is C9H11N5O2S. The van der Waals surface area contributed by atoms with E-state index in [0.717, 1.165) is 10.8 Å².